The van der Waals surface area contributed by atoms with E-state index in [0.29, 0.717) is 12.8 Å². The normalized spacial score (nSPS) is 18.8. The fourth-order valence-corrected chi connectivity index (χ4v) is 2.22. The van der Waals surface area contributed by atoms with Crippen LogP contribution in [-0.2, 0) is 9.59 Å². The first-order valence-corrected chi connectivity index (χ1v) is 6.93. The van der Waals surface area contributed by atoms with Crippen molar-refractivity contribution in [2.45, 2.75) is 12.8 Å². The molecule has 2 rings (SSSR count). The van der Waals surface area contributed by atoms with Crippen molar-refractivity contribution in [2.75, 3.05) is 0 Å². The Kier molecular flexibility index (Phi) is 6.66. The predicted molar refractivity (Wildman–Crippen MR) is 81.0 cm³/mol. The number of carboxylic acids is 4. The van der Waals surface area contributed by atoms with Crippen LogP contribution in [0.25, 0.3) is 0 Å². The van der Waals surface area contributed by atoms with Crippen LogP contribution in [0.3, 0.4) is 0 Å². The Morgan fingerprint density at radius 2 is 1.33 bits per heavy atom. The van der Waals surface area contributed by atoms with Crippen molar-refractivity contribution in [2.24, 2.45) is 11.8 Å². The van der Waals surface area contributed by atoms with Gasteiger partial charge in [-0.3, -0.25) is 9.59 Å². The smallest absolute Gasteiger partial charge is 0.336 e. The average Bonchev–Trinajstić information content (AvgIpc) is 2.55. The molecule has 0 aromatic heterocycles. The van der Waals surface area contributed by atoms with E-state index in [-0.39, 0.29) is 11.1 Å². The van der Waals surface area contributed by atoms with Gasteiger partial charge in [0.25, 0.3) is 0 Å². The number of aromatic carboxylic acids is 2. The summed E-state index contributed by atoms with van der Waals surface area (Å²) in [6.07, 6.45) is 4.26. The molecule has 2 atom stereocenters. The van der Waals surface area contributed by atoms with Crippen molar-refractivity contribution in [3.05, 3.63) is 47.5 Å². The van der Waals surface area contributed by atoms with Crippen molar-refractivity contribution < 1.29 is 39.6 Å². The monoisotopic (exact) mass is 336 g/mol. The summed E-state index contributed by atoms with van der Waals surface area (Å²) in [5.41, 5.74) is -0.380. The highest BCUT2D eigenvalue weighted by molar-refractivity contribution is 6.01. The van der Waals surface area contributed by atoms with Crippen LogP contribution in [0.1, 0.15) is 33.6 Å². The molecule has 0 saturated carbocycles. The topological polar surface area (TPSA) is 149 Å². The Balaban J connectivity index is 0.000000240. The summed E-state index contributed by atoms with van der Waals surface area (Å²) in [6.45, 7) is 0. The molecule has 0 amide bonds. The molecule has 1 aromatic rings. The van der Waals surface area contributed by atoms with Gasteiger partial charge in [-0.1, -0.05) is 24.3 Å². The van der Waals surface area contributed by atoms with E-state index in [1.54, 1.807) is 6.08 Å². The Labute approximate surface area is 136 Å². The molecule has 0 spiro atoms. The van der Waals surface area contributed by atoms with E-state index in [0.717, 1.165) is 0 Å². The molecule has 0 bridgehead atoms. The van der Waals surface area contributed by atoms with Gasteiger partial charge >= 0.3 is 23.9 Å². The van der Waals surface area contributed by atoms with Crippen molar-refractivity contribution in [3.8, 4) is 0 Å². The van der Waals surface area contributed by atoms with E-state index < -0.39 is 35.7 Å². The SMILES string of the molecule is O=C(O)C1C=CCCC1C(=O)O.O=C(O)c1ccccc1C(=O)O. The fourth-order valence-electron chi connectivity index (χ4n) is 2.22. The molecular formula is C16H16O8. The lowest BCUT2D eigenvalue weighted by Crippen LogP contribution is -2.30. The van der Waals surface area contributed by atoms with Crippen molar-refractivity contribution >= 4 is 23.9 Å². The molecule has 1 aliphatic carbocycles. The maximum atomic E-state index is 10.6. The Hall–Kier alpha value is -3.16. The van der Waals surface area contributed by atoms with Crippen LogP contribution in [0.4, 0.5) is 0 Å². The number of allylic oxidation sites excluding steroid dienone is 1. The maximum absolute atomic E-state index is 10.6. The molecule has 0 heterocycles. The predicted octanol–water partition coefficient (Wildman–Crippen LogP) is 1.82. The van der Waals surface area contributed by atoms with E-state index in [2.05, 4.69) is 0 Å². The van der Waals surface area contributed by atoms with Gasteiger partial charge in [0.15, 0.2) is 0 Å². The summed E-state index contributed by atoms with van der Waals surface area (Å²) in [5.74, 6) is -6.14. The summed E-state index contributed by atoms with van der Waals surface area (Å²) >= 11 is 0. The third kappa shape index (κ3) is 4.94. The van der Waals surface area contributed by atoms with Crippen LogP contribution in [0.5, 0.6) is 0 Å². The van der Waals surface area contributed by atoms with Gasteiger partial charge in [-0.15, -0.1) is 0 Å². The number of aliphatic carboxylic acids is 2. The summed E-state index contributed by atoms with van der Waals surface area (Å²) in [4.78, 5) is 42.1. The van der Waals surface area contributed by atoms with Gasteiger partial charge in [0.05, 0.1) is 23.0 Å². The van der Waals surface area contributed by atoms with E-state index in [9.17, 15) is 19.2 Å². The summed E-state index contributed by atoms with van der Waals surface area (Å²) in [5, 5.41) is 34.4. The molecule has 0 aliphatic heterocycles. The van der Waals surface area contributed by atoms with Crippen LogP contribution in [0.2, 0.25) is 0 Å². The zero-order valence-electron chi connectivity index (χ0n) is 12.5. The van der Waals surface area contributed by atoms with Gasteiger partial charge in [0.2, 0.25) is 0 Å². The lowest BCUT2D eigenvalue weighted by atomic mass is 9.84. The van der Waals surface area contributed by atoms with Crippen LogP contribution >= 0.6 is 0 Å². The average molecular weight is 336 g/mol. The van der Waals surface area contributed by atoms with E-state index >= 15 is 0 Å². The van der Waals surface area contributed by atoms with Gasteiger partial charge in [-0.2, -0.15) is 0 Å². The maximum Gasteiger partial charge on any atom is 0.336 e. The largest absolute Gasteiger partial charge is 0.481 e. The first-order chi connectivity index (χ1) is 11.3. The van der Waals surface area contributed by atoms with Gasteiger partial charge in [0, 0.05) is 0 Å². The van der Waals surface area contributed by atoms with Crippen LogP contribution < -0.4 is 0 Å². The van der Waals surface area contributed by atoms with Crippen LogP contribution in [0, 0.1) is 11.8 Å². The summed E-state index contributed by atoms with van der Waals surface area (Å²) in [6, 6.07) is 5.48. The zero-order valence-corrected chi connectivity index (χ0v) is 12.5. The highest BCUT2D eigenvalue weighted by Crippen LogP contribution is 2.24. The highest BCUT2D eigenvalue weighted by atomic mass is 16.4. The second-order valence-corrected chi connectivity index (χ2v) is 4.97. The van der Waals surface area contributed by atoms with Gasteiger partial charge in [0.1, 0.15) is 0 Å². The molecule has 0 radical (unpaired) electrons. The Morgan fingerprint density at radius 3 is 1.67 bits per heavy atom. The number of rotatable bonds is 4. The number of hydrogen-bond donors (Lipinski definition) is 4. The molecule has 8 nitrogen and oxygen atoms in total. The van der Waals surface area contributed by atoms with Crippen LogP contribution in [-0.4, -0.2) is 44.3 Å². The standard InChI is InChI=1S/C8H10O4.C8H6O4/c2*9-7(10)5-3-1-2-4-6(5)8(11)12/h1,3,5-6H,2,4H2,(H,9,10)(H,11,12);1-4H,(H,9,10)(H,11,12). The molecule has 8 heteroatoms. The van der Waals surface area contributed by atoms with Gasteiger partial charge < -0.3 is 20.4 Å². The number of carboxylic acid groups (broad SMARTS) is 4. The molecule has 0 saturated heterocycles. The van der Waals surface area contributed by atoms with E-state index in [1.165, 1.54) is 30.3 Å². The number of carbonyl (C=O) groups is 4. The molecule has 4 N–H and O–H groups in total. The molecule has 0 fully saturated rings. The minimum atomic E-state index is -1.23. The second kappa shape index (κ2) is 8.47. The number of benzene rings is 1. The van der Waals surface area contributed by atoms with Crippen molar-refractivity contribution in [1.29, 1.82) is 0 Å². The van der Waals surface area contributed by atoms with E-state index in [1.807, 2.05) is 0 Å². The quantitative estimate of drug-likeness (QED) is 0.608. The lowest BCUT2D eigenvalue weighted by Gasteiger charge is -2.19. The lowest BCUT2D eigenvalue weighted by molar-refractivity contribution is -0.152. The molecule has 1 aromatic carbocycles. The third-order valence-electron chi connectivity index (χ3n) is 3.41. The fraction of sp³-hybridized carbons (Fsp3) is 0.250. The zero-order chi connectivity index (χ0) is 18.3. The second-order valence-electron chi connectivity index (χ2n) is 4.97. The minimum Gasteiger partial charge on any atom is -0.481 e. The summed E-state index contributed by atoms with van der Waals surface area (Å²) < 4.78 is 0. The van der Waals surface area contributed by atoms with Crippen molar-refractivity contribution in [3.63, 3.8) is 0 Å². The van der Waals surface area contributed by atoms with Gasteiger partial charge in [-0.25, -0.2) is 9.59 Å². The third-order valence-corrected chi connectivity index (χ3v) is 3.41. The van der Waals surface area contributed by atoms with E-state index in [4.69, 9.17) is 20.4 Å². The molecule has 2 unspecified atom stereocenters. The highest BCUT2D eigenvalue weighted by Gasteiger charge is 2.32. The Morgan fingerprint density at radius 1 is 0.833 bits per heavy atom. The first kappa shape index (κ1) is 18.9. The van der Waals surface area contributed by atoms with Crippen molar-refractivity contribution in [1.82, 2.24) is 0 Å². The molecule has 1 aliphatic rings. The Bertz CT molecular complexity index is 643. The minimum absolute atomic E-state index is 0.190. The van der Waals surface area contributed by atoms with Crippen LogP contribution in [0.15, 0.2) is 36.4 Å². The molecule has 24 heavy (non-hydrogen) atoms. The first-order valence-electron chi connectivity index (χ1n) is 6.93. The number of hydrogen-bond acceptors (Lipinski definition) is 4. The molecule has 128 valence electrons. The van der Waals surface area contributed by atoms with Gasteiger partial charge in [-0.05, 0) is 25.0 Å². The summed E-state index contributed by atoms with van der Waals surface area (Å²) in [7, 11) is 0. The molecular weight excluding hydrogens is 320 g/mol.